The number of carbonyl (C=O) groups is 1. The molecule has 0 amide bonds. The topological polar surface area (TPSA) is 127 Å². The quantitative estimate of drug-likeness (QED) is 0.0281. The van der Waals surface area contributed by atoms with E-state index in [2.05, 4.69) is 6.92 Å². The van der Waals surface area contributed by atoms with Gasteiger partial charge in [-0.2, -0.15) is 8.42 Å². The van der Waals surface area contributed by atoms with Crippen LogP contribution in [0.3, 0.4) is 0 Å². The molecule has 0 aliphatic carbocycles. The molecule has 12 heteroatoms. The molecule has 1 heterocycles. The summed E-state index contributed by atoms with van der Waals surface area (Å²) in [4.78, 5) is 12.5. The molecule has 0 saturated carbocycles. The Kier molecular flexibility index (Phi) is 27.5. The number of benzene rings is 3. The van der Waals surface area contributed by atoms with E-state index in [1.54, 1.807) is 0 Å². The molecule has 1 aliphatic heterocycles. The van der Waals surface area contributed by atoms with Crippen LogP contribution in [0.1, 0.15) is 133 Å². The third-order valence-corrected chi connectivity index (χ3v) is 11.4. The number of rotatable bonds is 32. The third kappa shape index (κ3) is 22.3. The zero-order valence-corrected chi connectivity index (χ0v) is 39.2. The Bertz CT molecular complexity index is 1620. The average Bonchev–Trinajstić information content (AvgIpc) is 3.24. The monoisotopic (exact) mass is 861 g/mol. The van der Waals surface area contributed by atoms with E-state index in [1.807, 2.05) is 91.0 Å². The predicted molar refractivity (Wildman–Crippen MR) is 237 cm³/mol. The van der Waals surface area contributed by atoms with Crippen LogP contribution in [0, 0.1) is 0 Å². The van der Waals surface area contributed by atoms with Gasteiger partial charge >= 0.3 is 5.97 Å². The van der Waals surface area contributed by atoms with Crippen molar-refractivity contribution in [2.75, 3.05) is 19.0 Å². The van der Waals surface area contributed by atoms with Crippen LogP contribution in [0.2, 0.25) is 0 Å². The summed E-state index contributed by atoms with van der Waals surface area (Å²) in [7, 11) is -4.50. The number of carbonyl (C=O) groups excluding carboxylic acids is 1. The van der Waals surface area contributed by atoms with Gasteiger partial charge in [-0.15, -0.1) is 0 Å². The minimum absolute atomic E-state index is 0. The fourth-order valence-electron chi connectivity index (χ4n) is 7.38. The number of hydrogen-bond donors (Lipinski definition) is 1. The first-order valence-electron chi connectivity index (χ1n) is 22.2. The van der Waals surface area contributed by atoms with E-state index in [9.17, 15) is 17.8 Å². The zero-order valence-electron chi connectivity index (χ0n) is 36.3. The molecule has 1 aliphatic rings. The summed E-state index contributed by atoms with van der Waals surface area (Å²) >= 11 is 0. The molecular weight excluding hydrogens is 792 g/mol. The first-order chi connectivity index (χ1) is 28.8. The maximum absolute atomic E-state index is 12.5. The maximum atomic E-state index is 12.5. The van der Waals surface area contributed by atoms with Crippen molar-refractivity contribution in [1.82, 2.24) is 0 Å². The molecule has 1 N–H and O–H groups in total. The molecule has 1 radical (unpaired) electrons. The van der Waals surface area contributed by atoms with Gasteiger partial charge in [-0.25, -0.2) is 0 Å². The summed E-state index contributed by atoms with van der Waals surface area (Å²) in [5.74, 6) is -0.960. The number of hydrogen-bond acceptors (Lipinski definition) is 9. The smallest absolute Gasteiger partial charge is 0.305 e. The van der Waals surface area contributed by atoms with Crippen molar-refractivity contribution in [2.45, 2.75) is 167 Å². The van der Waals surface area contributed by atoms with Gasteiger partial charge in [0.15, 0.2) is 6.29 Å². The fourth-order valence-corrected chi connectivity index (χ4v) is 8.06. The first-order valence-corrected chi connectivity index (χ1v) is 23.8. The van der Waals surface area contributed by atoms with Gasteiger partial charge in [-0.3, -0.25) is 9.35 Å². The number of esters is 1. The molecule has 0 bridgehead atoms. The Hall–Kier alpha value is -2.16. The van der Waals surface area contributed by atoms with Crippen LogP contribution in [0.4, 0.5) is 0 Å². The molecule has 5 atom stereocenters. The molecule has 60 heavy (non-hydrogen) atoms. The van der Waals surface area contributed by atoms with Gasteiger partial charge in [0.1, 0.15) is 30.2 Å². The molecule has 329 valence electrons. The van der Waals surface area contributed by atoms with Crippen LogP contribution >= 0.6 is 0 Å². The summed E-state index contributed by atoms with van der Waals surface area (Å²) in [6.45, 7) is 3.10. The molecule has 4 rings (SSSR count). The van der Waals surface area contributed by atoms with Gasteiger partial charge in [-0.1, -0.05) is 188 Å². The number of unbranched alkanes of at least 4 members (excludes halogenated alkanes) is 14. The van der Waals surface area contributed by atoms with E-state index in [0.29, 0.717) is 12.8 Å². The summed E-state index contributed by atoms with van der Waals surface area (Å²) in [6.07, 6.45) is 14.9. The van der Waals surface area contributed by atoms with Crippen LogP contribution in [0.25, 0.3) is 0 Å². The summed E-state index contributed by atoms with van der Waals surface area (Å²) < 4.78 is 72.3. The van der Waals surface area contributed by atoms with E-state index in [-0.39, 0.29) is 68.6 Å². The van der Waals surface area contributed by atoms with Crippen LogP contribution in [-0.2, 0) is 63.2 Å². The Labute approximate surface area is 382 Å². The van der Waals surface area contributed by atoms with Gasteiger partial charge < -0.3 is 28.4 Å². The Morgan fingerprint density at radius 1 is 0.550 bits per heavy atom. The molecule has 1 fully saturated rings. The summed E-state index contributed by atoms with van der Waals surface area (Å²) in [5, 5.41) is 0. The molecule has 0 spiro atoms. The van der Waals surface area contributed by atoms with Crippen molar-refractivity contribution in [3.63, 3.8) is 0 Å². The van der Waals surface area contributed by atoms with Crippen molar-refractivity contribution in [3.05, 3.63) is 108 Å². The fraction of sp³-hybridized carbons (Fsp3) is 0.604. The SMILES string of the molecule is CCCCCCCCCCCCCCCCCC(=O)OCCCO[C@H]1O[C@H](CS(=O)(=O)O)[C@@H](OCc2ccccc2)[C@H](OCc2ccccc2)[C@H]1OCc1ccccc1.[Na]. The molecule has 3 aromatic carbocycles. The van der Waals surface area contributed by atoms with Crippen molar-refractivity contribution < 1.29 is 46.2 Å². The van der Waals surface area contributed by atoms with Crippen molar-refractivity contribution >= 4 is 45.6 Å². The minimum atomic E-state index is -4.50. The van der Waals surface area contributed by atoms with Gasteiger partial charge in [0.05, 0.1) is 33.0 Å². The standard InChI is InChI=1S/C48H70O10S.Na/c1-2-3-4-5-6-7-8-9-10-11-12-13-14-15-25-33-44(49)53-34-26-35-54-48-47(57-38-42-31-23-18-24-32-42)46(56-37-41-29-21-17-22-30-41)45(43(58-48)39-59(50,51)52)55-36-40-27-19-16-20-28-40;/h16-24,27-32,43,45-48H,2-15,25-26,33-39H2,1H3,(H,50,51,52);/t43-,45-,46+,47-,48+;/m1./s1. The normalized spacial score (nSPS) is 19.1. The minimum Gasteiger partial charge on any atom is -0.466 e. The van der Waals surface area contributed by atoms with Crippen LogP contribution in [0.5, 0.6) is 0 Å². The first kappa shape index (κ1) is 52.2. The van der Waals surface area contributed by atoms with Crippen LogP contribution in [0.15, 0.2) is 91.0 Å². The van der Waals surface area contributed by atoms with Gasteiger partial charge in [-0.05, 0) is 23.1 Å². The third-order valence-electron chi connectivity index (χ3n) is 10.6. The largest absolute Gasteiger partial charge is 0.466 e. The molecule has 3 aromatic rings. The van der Waals surface area contributed by atoms with Crippen molar-refractivity contribution in [2.24, 2.45) is 0 Å². The van der Waals surface area contributed by atoms with E-state index in [0.717, 1.165) is 36.0 Å². The molecule has 1 saturated heterocycles. The average molecular weight is 862 g/mol. The second kappa shape index (κ2) is 31.6. The van der Waals surface area contributed by atoms with Crippen LogP contribution < -0.4 is 0 Å². The molecule has 0 unspecified atom stereocenters. The number of ether oxygens (including phenoxy) is 6. The summed E-state index contributed by atoms with van der Waals surface area (Å²) in [5.41, 5.74) is 2.68. The second-order valence-corrected chi connectivity index (χ2v) is 17.2. The van der Waals surface area contributed by atoms with Crippen molar-refractivity contribution in [1.29, 1.82) is 0 Å². The zero-order chi connectivity index (χ0) is 41.8. The Morgan fingerprint density at radius 2 is 0.967 bits per heavy atom. The maximum Gasteiger partial charge on any atom is 0.305 e. The van der Waals surface area contributed by atoms with Gasteiger partial charge in [0.2, 0.25) is 0 Å². The van der Waals surface area contributed by atoms with Gasteiger partial charge in [0, 0.05) is 42.4 Å². The van der Waals surface area contributed by atoms with Crippen LogP contribution in [-0.4, -0.2) is 98.2 Å². The van der Waals surface area contributed by atoms with E-state index < -0.39 is 46.6 Å². The Morgan fingerprint density at radius 3 is 1.42 bits per heavy atom. The summed E-state index contributed by atoms with van der Waals surface area (Å²) in [6, 6.07) is 28.8. The van der Waals surface area contributed by atoms with Gasteiger partial charge in [0.25, 0.3) is 10.1 Å². The van der Waals surface area contributed by atoms with E-state index >= 15 is 0 Å². The molecular formula is C48H70NaO10S. The van der Waals surface area contributed by atoms with E-state index in [1.165, 1.54) is 77.0 Å². The van der Waals surface area contributed by atoms with Crippen molar-refractivity contribution in [3.8, 4) is 0 Å². The molecule has 10 nitrogen and oxygen atoms in total. The second-order valence-electron chi connectivity index (χ2n) is 15.7. The van der Waals surface area contributed by atoms with E-state index in [4.69, 9.17) is 28.4 Å². The molecule has 0 aromatic heterocycles. The Balaban J connectivity index is 0.00000961. The predicted octanol–water partition coefficient (Wildman–Crippen LogP) is 10.2.